The smallest absolute Gasteiger partial charge is 0.246 e. The van der Waals surface area contributed by atoms with Crippen molar-refractivity contribution in [1.82, 2.24) is 4.31 Å². The molecule has 1 aromatic carbocycles. The standard InChI is InChI=1S/C13H18ClNO4S/c1-15(11-4-3-5-11)20(17,18)12-7-10(14)6-9(8-16)13(12)19-2/h6-7,11,16H,3-5,8H2,1-2H3. The highest BCUT2D eigenvalue weighted by Gasteiger charge is 2.34. The van der Waals surface area contributed by atoms with Crippen LogP contribution in [-0.4, -0.2) is 38.0 Å². The van der Waals surface area contributed by atoms with Gasteiger partial charge in [0.2, 0.25) is 10.0 Å². The highest BCUT2D eigenvalue weighted by Crippen LogP contribution is 2.36. The minimum Gasteiger partial charge on any atom is -0.495 e. The van der Waals surface area contributed by atoms with Crippen molar-refractivity contribution in [2.24, 2.45) is 0 Å². The number of hydrogen-bond acceptors (Lipinski definition) is 4. The zero-order chi connectivity index (χ0) is 14.9. The third kappa shape index (κ3) is 2.65. The summed E-state index contributed by atoms with van der Waals surface area (Å²) in [7, 11) is -0.737. The van der Waals surface area contributed by atoms with E-state index in [0.29, 0.717) is 5.56 Å². The SMILES string of the molecule is COc1c(CO)cc(Cl)cc1S(=O)(=O)N(C)C1CCC1. The maximum absolute atomic E-state index is 12.7. The van der Waals surface area contributed by atoms with Gasteiger partial charge in [-0.1, -0.05) is 18.0 Å². The first-order chi connectivity index (χ1) is 9.41. The van der Waals surface area contributed by atoms with E-state index < -0.39 is 10.0 Å². The Morgan fingerprint density at radius 1 is 1.45 bits per heavy atom. The summed E-state index contributed by atoms with van der Waals surface area (Å²) in [6, 6.07) is 2.90. The largest absolute Gasteiger partial charge is 0.495 e. The van der Waals surface area contributed by atoms with Crippen LogP contribution in [0.2, 0.25) is 5.02 Å². The van der Waals surface area contributed by atoms with Gasteiger partial charge >= 0.3 is 0 Å². The molecule has 1 fully saturated rings. The number of hydrogen-bond donors (Lipinski definition) is 1. The number of halogens is 1. The van der Waals surface area contributed by atoms with Gasteiger partial charge in [-0.25, -0.2) is 8.42 Å². The van der Waals surface area contributed by atoms with E-state index in [9.17, 15) is 13.5 Å². The Morgan fingerprint density at radius 3 is 2.55 bits per heavy atom. The van der Waals surface area contributed by atoms with Crippen LogP contribution in [-0.2, 0) is 16.6 Å². The van der Waals surface area contributed by atoms with Crippen molar-refractivity contribution in [3.63, 3.8) is 0 Å². The Hall–Kier alpha value is -0.820. The zero-order valence-corrected chi connectivity index (χ0v) is 13.0. The average Bonchev–Trinajstić information content (AvgIpc) is 2.35. The second-order valence-electron chi connectivity index (χ2n) is 4.86. The molecule has 0 unspecified atom stereocenters. The number of aliphatic hydroxyl groups is 1. The van der Waals surface area contributed by atoms with Crippen molar-refractivity contribution >= 4 is 21.6 Å². The number of methoxy groups -OCH3 is 1. The molecule has 7 heteroatoms. The second kappa shape index (κ2) is 5.89. The number of nitrogens with zero attached hydrogens (tertiary/aromatic N) is 1. The lowest BCUT2D eigenvalue weighted by atomic mass is 9.94. The Kier molecular flexibility index (Phi) is 4.59. The number of benzene rings is 1. The first-order valence-corrected chi connectivity index (χ1v) is 8.19. The second-order valence-corrected chi connectivity index (χ2v) is 7.26. The van der Waals surface area contributed by atoms with Crippen LogP contribution in [0.25, 0.3) is 0 Å². The van der Waals surface area contributed by atoms with Crippen LogP contribution in [0.1, 0.15) is 24.8 Å². The van der Waals surface area contributed by atoms with Crippen molar-refractivity contribution < 1.29 is 18.3 Å². The molecule has 1 aliphatic carbocycles. The molecule has 0 atom stereocenters. The molecule has 0 aliphatic heterocycles. The van der Waals surface area contributed by atoms with Crippen LogP contribution in [0, 0.1) is 0 Å². The van der Waals surface area contributed by atoms with Crippen molar-refractivity contribution in [2.75, 3.05) is 14.2 Å². The predicted molar refractivity (Wildman–Crippen MR) is 76.5 cm³/mol. The monoisotopic (exact) mass is 319 g/mol. The Balaban J connectivity index is 2.52. The summed E-state index contributed by atoms with van der Waals surface area (Å²) < 4.78 is 31.9. The average molecular weight is 320 g/mol. The molecule has 0 spiro atoms. The highest BCUT2D eigenvalue weighted by molar-refractivity contribution is 7.89. The number of aliphatic hydroxyl groups excluding tert-OH is 1. The number of sulfonamides is 1. The Morgan fingerprint density at radius 2 is 2.10 bits per heavy atom. The van der Waals surface area contributed by atoms with Gasteiger partial charge in [-0.15, -0.1) is 0 Å². The first-order valence-electron chi connectivity index (χ1n) is 6.37. The topological polar surface area (TPSA) is 66.8 Å². The van der Waals surface area contributed by atoms with Gasteiger partial charge in [0, 0.05) is 23.7 Å². The van der Waals surface area contributed by atoms with E-state index in [0.717, 1.165) is 19.3 Å². The fraction of sp³-hybridized carbons (Fsp3) is 0.538. The van der Waals surface area contributed by atoms with Crippen LogP contribution in [0.15, 0.2) is 17.0 Å². The van der Waals surface area contributed by atoms with E-state index in [1.54, 1.807) is 7.05 Å². The van der Waals surface area contributed by atoms with Crippen molar-refractivity contribution in [3.05, 3.63) is 22.7 Å². The minimum atomic E-state index is -3.68. The Labute approximate surface area is 124 Å². The third-order valence-electron chi connectivity index (χ3n) is 3.72. The van der Waals surface area contributed by atoms with Gasteiger partial charge in [0.1, 0.15) is 10.6 Å². The van der Waals surface area contributed by atoms with E-state index in [2.05, 4.69) is 0 Å². The molecule has 1 aromatic rings. The molecule has 0 amide bonds. The van der Waals surface area contributed by atoms with Crippen LogP contribution in [0.5, 0.6) is 5.75 Å². The van der Waals surface area contributed by atoms with Gasteiger partial charge in [-0.3, -0.25) is 0 Å². The van der Waals surface area contributed by atoms with E-state index in [1.165, 1.54) is 23.5 Å². The van der Waals surface area contributed by atoms with Crippen LogP contribution < -0.4 is 4.74 Å². The molecule has 1 N–H and O–H groups in total. The van der Waals surface area contributed by atoms with Gasteiger partial charge in [-0.2, -0.15) is 4.31 Å². The normalized spacial score (nSPS) is 16.2. The summed E-state index contributed by atoms with van der Waals surface area (Å²) in [5.74, 6) is 0.156. The summed E-state index contributed by atoms with van der Waals surface area (Å²) in [4.78, 5) is 0.00551. The third-order valence-corrected chi connectivity index (χ3v) is 5.85. The van der Waals surface area contributed by atoms with Gasteiger partial charge in [0.05, 0.1) is 13.7 Å². The molecule has 1 saturated carbocycles. The summed E-state index contributed by atoms with van der Waals surface area (Å²) >= 11 is 5.95. The lowest BCUT2D eigenvalue weighted by Crippen LogP contribution is -2.41. The predicted octanol–water partition coefficient (Wildman–Crippen LogP) is 2.01. The molecule has 5 nitrogen and oxygen atoms in total. The molecule has 0 aromatic heterocycles. The summed E-state index contributed by atoms with van der Waals surface area (Å²) in [5, 5.41) is 9.58. The van der Waals surface area contributed by atoms with E-state index in [1.807, 2.05) is 0 Å². The van der Waals surface area contributed by atoms with E-state index in [-0.39, 0.29) is 28.3 Å². The summed E-state index contributed by atoms with van der Waals surface area (Å²) in [6.45, 7) is -0.334. The molecule has 0 heterocycles. The number of rotatable bonds is 5. The molecular formula is C13H18ClNO4S. The molecule has 0 bridgehead atoms. The Bertz CT molecular complexity index is 599. The lowest BCUT2D eigenvalue weighted by molar-refractivity contribution is 0.248. The quantitative estimate of drug-likeness (QED) is 0.901. The molecular weight excluding hydrogens is 302 g/mol. The van der Waals surface area contributed by atoms with Crippen LogP contribution >= 0.6 is 11.6 Å². The molecule has 112 valence electrons. The van der Waals surface area contributed by atoms with E-state index >= 15 is 0 Å². The first kappa shape index (κ1) is 15.6. The molecule has 0 saturated heterocycles. The van der Waals surface area contributed by atoms with Gasteiger partial charge in [0.15, 0.2) is 0 Å². The fourth-order valence-electron chi connectivity index (χ4n) is 2.27. The van der Waals surface area contributed by atoms with Crippen LogP contribution in [0.4, 0.5) is 0 Å². The maximum Gasteiger partial charge on any atom is 0.246 e. The van der Waals surface area contributed by atoms with Crippen molar-refractivity contribution in [1.29, 1.82) is 0 Å². The molecule has 1 aliphatic rings. The number of ether oxygens (including phenoxy) is 1. The van der Waals surface area contributed by atoms with Gasteiger partial charge < -0.3 is 9.84 Å². The molecule has 20 heavy (non-hydrogen) atoms. The molecule has 2 rings (SSSR count). The minimum absolute atomic E-state index is 0.00551. The maximum atomic E-state index is 12.7. The van der Waals surface area contributed by atoms with Gasteiger partial charge in [-0.05, 0) is 25.0 Å². The summed E-state index contributed by atoms with van der Waals surface area (Å²) in [5.41, 5.74) is 0.362. The molecule has 0 radical (unpaired) electrons. The van der Waals surface area contributed by atoms with Crippen molar-refractivity contribution in [2.45, 2.75) is 36.8 Å². The van der Waals surface area contributed by atoms with Crippen molar-refractivity contribution in [3.8, 4) is 5.75 Å². The van der Waals surface area contributed by atoms with Gasteiger partial charge in [0.25, 0.3) is 0 Å². The van der Waals surface area contributed by atoms with E-state index in [4.69, 9.17) is 16.3 Å². The zero-order valence-electron chi connectivity index (χ0n) is 11.5. The van der Waals surface area contributed by atoms with Crippen LogP contribution in [0.3, 0.4) is 0 Å². The lowest BCUT2D eigenvalue weighted by Gasteiger charge is -2.34. The highest BCUT2D eigenvalue weighted by atomic mass is 35.5. The summed E-state index contributed by atoms with van der Waals surface area (Å²) in [6.07, 6.45) is 2.77. The fourth-order valence-corrected chi connectivity index (χ4v) is 4.21.